The molecule has 0 spiro atoms. The van der Waals surface area contributed by atoms with E-state index in [1.807, 2.05) is 45.9 Å². The number of hydrogen-bond donors (Lipinski definition) is 1. The highest BCUT2D eigenvalue weighted by Crippen LogP contribution is 2.31. The van der Waals surface area contributed by atoms with Crippen LogP contribution in [0.5, 0.6) is 0 Å². The number of aryl methyl sites for hydroxylation is 3. The second kappa shape index (κ2) is 9.30. The molecular formula is C24H28N4O3S2. The molecule has 1 aliphatic heterocycles. The summed E-state index contributed by atoms with van der Waals surface area (Å²) in [5, 5.41) is 1.13. The number of rotatable bonds is 5. The van der Waals surface area contributed by atoms with E-state index in [-0.39, 0.29) is 29.0 Å². The van der Waals surface area contributed by atoms with Gasteiger partial charge in [-0.25, -0.2) is 4.98 Å². The van der Waals surface area contributed by atoms with Crippen LogP contribution in [0.15, 0.2) is 28.2 Å². The van der Waals surface area contributed by atoms with Gasteiger partial charge in [0.25, 0.3) is 5.56 Å². The van der Waals surface area contributed by atoms with E-state index in [0.29, 0.717) is 34.9 Å². The third kappa shape index (κ3) is 4.44. The van der Waals surface area contributed by atoms with Crippen LogP contribution in [0.25, 0.3) is 15.9 Å². The van der Waals surface area contributed by atoms with E-state index in [1.54, 1.807) is 9.47 Å². The zero-order valence-corrected chi connectivity index (χ0v) is 20.9. The Morgan fingerprint density at radius 2 is 1.97 bits per heavy atom. The van der Waals surface area contributed by atoms with E-state index in [4.69, 9.17) is 10.7 Å². The summed E-state index contributed by atoms with van der Waals surface area (Å²) < 4.78 is 1.64. The number of nitrogens with two attached hydrogens (primary N) is 1. The van der Waals surface area contributed by atoms with Crippen molar-refractivity contribution in [3.8, 4) is 5.69 Å². The minimum atomic E-state index is -0.362. The Labute approximate surface area is 201 Å². The standard InChI is InChI=1S/C24H28N4O3S2/c1-13-7-5-9-18(14(13)2)28-23(31)20-15(3)16(4)33-22(20)26-24(28)32-12-19(29)27-10-6-8-17(11-27)21(25)30/h5,7,9,17H,6,8,10-12H2,1-4H3,(H2,25,30). The second-order valence-corrected chi connectivity index (χ2v) is 10.7. The first-order valence-electron chi connectivity index (χ1n) is 11.0. The predicted octanol–water partition coefficient (Wildman–Crippen LogP) is 3.50. The van der Waals surface area contributed by atoms with Gasteiger partial charge in [-0.2, -0.15) is 0 Å². The molecular weight excluding hydrogens is 456 g/mol. The highest BCUT2D eigenvalue weighted by Gasteiger charge is 2.27. The van der Waals surface area contributed by atoms with E-state index in [0.717, 1.165) is 33.7 Å². The number of likely N-dealkylation sites (tertiary alicyclic amines) is 1. The molecule has 0 saturated carbocycles. The number of nitrogens with zero attached hydrogens (tertiary/aromatic N) is 3. The molecule has 0 bridgehead atoms. The minimum absolute atomic E-state index is 0.0775. The molecule has 2 N–H and O–H groups in total. The molecule has 1 saturated heterocycles. The van der Waals surface area contributed by atoms with E-state index < -0.39 is 0 Å². The third-order valence-corrected chi connectivity index (χ3v) is 8.51. The number of benzene rings is 1. The number of piperidine rings is 1. The Balaban J connectivity index is 1.72. The molecule has 1 fully saturated rings. The largest absolute Gasteiger partial charge is 0.369 e. The van der Waals surface area contributed by atoms with Crippen molar-refractivity contribution >= 4 is 45.1 Å². The van der Waals surface area contributed by atoms with Gasteiger partial charge in [0, 0.05) is 18.0 Å². The van der Waals surface area contributed by atoms with E-state index in [9.17, 15) is 14.4 Å². The number of carbonyl (C=O) groups is 2. The van der Waals surface area contributed by atoms with E-state index in [2.05, 4.69) is 0 Å². The lowest BCUT2D eigenvalue weighted by Crippen LogP contribution is -2.44. The Morgan fingerprint density at radius 1 is 1.21 bits per heavy atom. The molecule has 2 aromatic heterocycles. The molecule has 3 heterocycles. The van der Waals surface area contributed by atoms with Gasteiger partial charge in [0.2, 0.25) is 11.8 Å². The van der Waals surface area contributed by atoms with Gasteiger partial charge >= 0.3 is 0 Å². The summed E-state index contributed by atoms with van der Waals surface area (Å²) >= 11 is 2.76. The van der Waals surface area contributed by atoms with Gasteiger partial charge < -0.3 is 10.6 Å². The molecule has 33 heavy (non-hydrogen) atoms. The predicted molar refractivity (Wildman–Crippen MR) is 133 cm³/mol. The fraction of sp³-hybridized carbons (Fsp3) is 0.417. The van der Waals surface area contributed by atoms with Crippen LogP contribution in [-0.4, -0.2) is 45.1 Å². The first-order valence-corrected chi connectivity index (χ1v) is 12.8. The molecule has 0 aliphatic carbocycles. The van der Waals surface area contributed by atoms with Gasteiger partial charge in [-0.1, -0.05) is 23.9 Å². The quantitative estimate of drug-likeness (QED) is 0.442. The lowest BCUT2D eigenvalue weighted by Gasteiger charge is -2.31. The number of primary amides is 1. The van der Waals surface area contributed by atoms with Crippen molar-refractivity contribution in [3.63, 3.8) is 0 Å². The van der Waals surface area contributed by atoms with Gasteiger partial charge in [0.05, 0.1) is 22.7 Å². The van der Waals surface area contributed by atoms with Gasteiger partial charge in [-0.05, 0) is 63.3 Å². The first-order chi connectivity index (χ1) is 15.7. The monoisotopic (exact) mass is 484 g/mol. The van der Waals surface area contributed by atoms with Crippen molar-refractivity contribution in [2.24, 2.45) is 11.7 Å². The van der Waals surface area contributed by atoms with Crippen LogP contribution < -0.4 is 11.3 Å². The molecule has 1 aromatic carbocycles. The van der Waals surface area contributed by atoms with Gasteiger partial charge in [0.15, 0.2) is 5.16 Å². The smallest absolute Gasteiger partial charge is 0.267 e. The van der Waals surface area contributed by atoms with Crippen molar-refractivity contribution in [1.82, 2.24) is 14.5 Å². The van der Waals surface area contributed by atoms with Crippen molar-refractivity contribution < 1.29 is 9.59 Å². The Hall–Kier alpha value is -2.65. The third-order valence-electron chi connectivity index (χ3n) is 6.49. The topological polar surface area (TPSA) is 98.3 Å². The molecule has 1 aliphatic rings. The lowest BCUT2D eigenvalue weighted by atomic mass is 9.97. The van der Waals surface area contributed by atoms with Crippen molar-refractivity contribution in [3.05, 3.63) is 50.1 Å². The van der Waals surface area contributed by atoms with Gasteiger partial charge in [-0.3, -0.25) is 19.0 Å². The second-order valence-electron chi connectivity index (χ2n) is 8.59. The summed E-state index contributed by atoms with van der Waals surface area (Å²) in [5.41, 5.74) is 9.15. The number of thioether (sulfide) groups is 1. The highest BCUT2D eigenvalue weighted by molar-refractivity contribution is 7.99. The molecule has 2 amide bonds. The van der Waals surface area contributed by atoms with Crippen LogP contribution in [0, 0.1) is 33.6 Å². The number of thiophene rings is 1. The molecule has 7 nitrogen and oxygen atoms in total. The summed E-state index contributed by atoms with van der Waals surface area (Å²) in [4.78, 5) is 46.5. The minimum Gasteiger partial charge on any atom is -0.369 e. The van der Waals surface area contributed by atoms with Crippen molar-refractivity contribution in [2.75, 3.05) is 18.8 Å². The van der Waals surface area contributed by atoms with Crippen LogP contribution in [0.4, 0.5) is 0 Å². The molecule has 9 heteroatoms. The molecule has 1 unspecified atom stereocenters. The Morgan fingerprint density at radius 3 is 2.70 bits per heavy atom. The molecule has 4 rings (SSSR count). The van der Waals surface area contributed by atoms with Crippen LogP contribution >= 0.6 is 23.1 Å². The van der Waals surface area contributed by atoms with Gasteiger partial charge in [0.1, 0.15) is 4.83 Å². The number of hydrogen-bond acceptors (Lipinski definition) is 6. The summed E-state index contributed by atoms with van der Waals surface area (Å²) in [6, 6.07) is 5.86. The summed E-state index contributed by atoms with van der Waals surface area (Å²) in [6.07, 6.45) is 1.48. The normalized spacial score (nSPS) is 16.4. The average Bonchev–Trinajstić information content (AvgIpc) is 3.08. The zero-order valence-electron chi connectivity index (χ0n) is 19.3. The summed E-state index contributed by atoms with van der Waals surface area (Å²) in [5.74, 6) is -0.601. The fourth-order valence-corrected chi connectivity index (χ4v) is 6.19. The first kappa shape index (κ1) is 23.5. The zero-order chi connectivity index (χ0) is 23.9. The SMILES string of the molecule is Cc1cccc(-n2c(SCC(=O)N3CCCC(C(N)=O)C3)nc3sc(C)c(C)c3c2=O)c1C. The Kier molecular flexibility index (Phi) is 6.63. The van der Waals surface area contributed by atoms with Crippen molar-refractivity contribution in [1.29, 1.82) is 0 Å². The lowest BCUT2D eigenvalue weighted by molar-refractivity contribution is -0.132. The van der Waals surface area contributed by atoms with Gasteiger partial charge in [-0.15, -0.1) is 11.3 Å². The maximum atomic E-state index is 13.7. The fourth-order valence-electron chi connectivity index (χ4n) is 4.22. The molecule has 174 valence electrons. The maximum absolute atomic E-state index is 13.7. The summed E-state index contributed by atoms with van der Waals surface area (Å²) in [6.45, 7) is 8.91. The highest BCUT2D eigenvalue weighted by atomic mass is 32.2. The van der Waals surface area contributed by atoms with E-state index in [1.165, 1.54) is 23.1 Å². The number of carbonyl (C=O) groups excluding carboxylic acids is 2. The summed E-state index contributed by atoms with van der Waals surface area (Å²) in [7, 11) is 0. The molecule has 1 atom stereocenters. The van der Waals surface area contributed by atoms with E-state index >= 15 is 0 Å². The van der Waals surface area contributed by atoms with Crippen LogP contribution in [-0.2, 0) is 9.59 Å². The molecule has 0 radical (unpaired) electrons. The number of fused-ring (bicyclic) bond motifs is 1. The number of amides is 2. The average molecular weight is 485 g/mol. The Bertz CT molecular complexity index is 1310. The maximum Gasteiger partial charge on any atom is 0.267 e. The molecule has 3 aromatic rings. The van der Waals surface area contributed by atoms with Crippen LogP contribution in [0.3, 0.4) is 0 Å². The van der Waals surface area contributed by atoms with Crippen LogP contribution in [0.1, 0.15) is 34.4 Å². The van der Waals surface area contributed by atoms with Crippen molar-refractivity contribution in [2.45, 2.75) is 45.7 Å². The van der Waals surface area contributed by atoms with Crippen LogP contribution in [0.2, 0.25) is 0 Å². The number of aromatic nitrogens is 2.